The molecule has 3 rings (SSSR count). The third kappa shape index (κ3) is 11.3. The van der Waals surface area contributed by atoms with Crippen LogP contribution in [0.1, 0.15) is 36.8 Å². The second-order valence-corrected chi connectivity index (χ2v) is 10.9. The number of nitrogens with two attached hydrogens (primary N) is 3. The number of H-pyrrole nitrogens is 1. The molecule has 16 nitrogen and oxygen atoms in total. The first-order valence-corrected chi connectivity index (χ1v) is 14.8. The number of benzene rings is 2. The van der Waals surface area contributed by atoms with E-state index in [1.54, 1.807) is 18.3 Å². The van der Waals surface area contributed by atoms with Crippen LogP contribution in [0.2, 0.25) is 0 Å². The van der Waals surface area contributed by atoms with Gasteiger partial charge in [0.1, 0.15) is 23.9 Å². The highest BCUT2D eigenvalue weighted by Crippen LogP contribution is 2.19. The Bertz CT molecular complexity index is 1590. The number of hydrogen-bond donors (Lipinski definition) is 10. The maximum Gasteiger partial charge on any atom is 0.326 e. The van der Waals surface area contributed by atoms with Crippen molar-refractivity contribution in [1.29, 1.82) is 0 Å². The maximum atomic E-state index is 13.6. The van der Waals surface area contributed by atoms with Gasteiger partial charge in [-0.3, -0.25) is 24.2 Å². The summed E-state index contributed by atoms with van der Waals surface area (Å²) in [6, 6.07) is 8.18. The molecule has 4 unspecified atom stereocenters. The minimum atomic E-state index is -1.46. The molecule has 0 fully saturated rings. The van der Waals surface area contributed by atoms with Gasteiger partial charge in [0, 0.05) is 36.5 Å². The van der Waals surface area contributed by atoms with E-state index in [9.17, 15) is 39.3 Å². The van der Waals surface area contributed by atoms with Crippen molar-refractivity contribution in [1.82, 2.24) is 20.9 Å². The second-order valence-electron chi connectivity index (χ2n) is 10.9. The molecule has 1 aromatic heterocycles. The van der Waals surface area contributed by atoms with Crippen LogP contribution in [0.3, 0.4) is 0 Å². The van der Waals surface area contributed by atoms with Crippen molar-refractivity contribution in [3.63, 3.8) is 0 Å². The number of nitrogens with one attached hydrogen (secondary N) is 4. The summed E-state index contributed by atoms with van der Waals surface area (Å²) in [6.45, 7) is 0.113. The van der Waals surface area contributed by atoms with Gasteiger partial charge in [-0.25, -0.2) is 4.79 Å². The molecule has 0 aliphatic heterocycles. The lowest BCUT2D eigenvalue weighted by atomic mass is 10.0. The average Bonchev–Trinajstić information content (AvgIpc) is 3.43. The molecule has 2 aromatic carbocycles. The zero-order valence-corrected chi connectivity index (χ0v) is 25.5. The van der Waals surface area contributed by atoms with Gasteiger partial charge in [0.2, 0.25) is 17.7 Å². The Balaban J connectivity index is 1.78. The normalized spacial score (nSPS) is 13.5. The molecule has 0 saturated carbocycles. The zero-order valence-electron chi connectivity index (χ0n) is 25.5. The fourth-order valence-corrected chi connectivity index (χ4v) is 4.83. The number of nitrogens with zero attached hydrogens (tertiary/aromatic N) is 1. The number of aromatic amines is 1. The van der Waals surface area contributed by atoms with Crippen molar-refractivity contribution in [2.75, 3.05) is 6.54 Å². The lowest BCUT2D eigenvalue weighted by Crippen LogP contribution is -2.57. The van der Waals surface area contributed by atoms with Crippen LogP contribution in [0.25, 0.3) is 10.9 Å². The number of hydrogen-bond acceptors (Lipinski definition) is 8. The molecule has 0 spiro atoms. The summed E-state index contributed by atoms with van der Waals surface area (Å²) in [5.74, 6) is -5.22. The molecular weight excluding hydrogens is 612 g/mol. The Morgan fingerprint density at radius 3 is 2.11 bits per heavy atom. The first kappa shape index (κ1) is 35.8. The van der Waals surface area contributed by atoms with Crippen LogP contribution in [0.15, 0.2) is 59.7 Å². The molecular formula is C31H40N8O8. The quantitative estimate of drug-likeness (QED) is 0.0472. The Labute approximate surface area is 269 Å². The molecule has 16 heteroatoms. The van der Waals surface area contributed by atoms with Gasteiger partial charge in [0.25, 0.3) is 0 Å². The molecule has 3 aromatic rings. The largest absolute Gasteiger partial charge is 0.508 e. The van der Waals surface area contributed by atoms with Gasteiger partial charge < -0.3 is 53.5 Å². The van der Waals surface area contributed by atoms with Gasteiger partial charge in [-0.1, -0.05) is 30.3 Å². The summed E-state index contributed by atoms with van der Waals surface area (Å²) in [6.07, 6.45) is 1.08. The van der Waals surface area contributed by atoms with E-state index in [1.807, 2.05) is 24.3 Å². The number of carboxylic acids is 2. The smallest absolute Gasteiger partial charge is 0.326 e. The lowest BCUT2D eigenvalue weighted by Gasteiger charge is -2.25. The minimum absolute atomic E-state index is 0.0174. The van der Waals surface area contributed by atoms with Crippen molar-refractivity contribution >= 4 is 46.5 Å². The molecule has 0 aliphatic carbocycles. The number of guanidine groups is 1. The standard InChI is InChI=1S/C31H40N8O8/c32-21(15-18-16-36-22-5-2-1-4-20(18)22)27(43)39-25(14-17-7-9-19(40)10-8-17)29(45)37-23(11-12-26(41)42)28(44)38-24(30(46)47)6-3-13-35-31(33)34/h1-2,4-5,7-10,16,21,23-25,36,40H,3,6,11-15,32H2,(H,37,45)(H,38,44)(H,39,43)(H,41,42)(H,46,47)(H4,33,34,35). The molecule has 4 atom stereocenters. The predicted octanol–water partition coefficient (Wildman–Crippen LogP) is -0.557. The number of aromatic nitrogens is 1. The highest BCUT2D eigenvalue weighted by molar-refractivity contribution is 5.94. The van der Waals surface area contributed by atoms with Gasteiger partial charge in [-0.2, -0.15) is 0 Å². The van der Waals surface area contributed by atoms with E-state index >= 15 is 0 Å². The molecule has 0 bridgehead atoms. The molecule has 1 heterocycles. The van der Waals surface area contributed by atoms with E-state index in [0.717, 1.165) is 16.5 Å². The van der Waals surface area contributed by atoms with E-state index in [-0.39, 0.29) is 50.4 Å². The predicted molar refractivity (Wildman–Crippen MR) is 172 cm³/mol. The van der Waals surface area contributed by atoms with Gasteiger partial charge in [-0.15, -0.1) is 0 Å². The summed E-state index contributed by atoms with van der Waals surface area (Å²) in [5.41, 5.74) is 19.0. The van der Waals surface area contributed by atoms with Crippen molar-refractivity contribution in [2.24, 2.45) is 22.2 Å². The monoisotopic (exact) mass is 652 g/mol. The van der Waals surface area contributed by atoms with Crippen LogP contribution < -0.4 is 33.2 Å². The number of carboxylic acid groups (broad SMARTS) is 2. The van der Waals surface area contributed by atoms with Crippen LogP contribution >= 0.6 is 0 Å². The number of aliphatic carboxylic acids is 2. The van der Waals surface area contributed by atoms with Gasteiger partial charge in [0.05, 0.1) is 6.04 Å². The first-order valence-electron chi connectivity index (χ1n) is 14.8. The Kier molecular flexibility index (Phi) is 13.1. The lowest BCUT2D eigenvalue weighted by molar-refractivity contribution is -0.143. The van der Waals surface area contributed by atoms with Crippen LogP contribution in [0.4, 0.5) is 0 Å². The summed E-state index contributed by atoms with van der Waals surface area (Å²) in [7, 11) is 0. The number of aromatic hydroxyl groups is 1. The molecule has 47 heavy (non-hydrogen) atoms. The van der Waals surface area contributed by atoms with Crippen molar-refractivity contribution < 1.29 is 39.3 Å². The van der Waals surface area contributed by atoms with E-state index in [2.05, 4.69) is 25.9 Å². The highest BCUT2D eigenvalue weighted by Gasteiger charge is 2.31. The number of phenols is 1. The van der Waals surface area contributed by atoms with Crippen molar-refractivity contribution in [3.8, 4) is 5.75 Å². The third-order valence-corrected chi connectivity index (χ3v) is 7.30. The van der Waals surface area contributed by atoms with Gasteiger partial charge >= 0.3 is 11.9 Å². The summed E-state index contributed by atoms with van der Waals surface area (Å²) < 4.78 is 0. The average molecular weight is 653 g/mol. The SMILES string of the molecule is NC(N)=NCCCC(NC(=O)C(CCC(=O)O)NC(=O)C(Cc1ccc(O)cc1)NC(=O)C(N)Cc1c[nH]c2ccccc12)C(=O)O. The number of aliphatic imine (C=N–C) groups is 1. The van der Waals surface area contributed by atoms with E-state index in [4.69, 9.17) is 17.2 Å². The molecule has 13 N–H and O–H groups in total. The Hall–Kier alpha value is -5.64. The number of para-hydroxylation sites is 1. The number of phenolic OH excluding ortho intramolecular Hbond substituents is 1. The van der Waals surface area contributed by atoms with Crippen LogP contribution in [0, 0.1) is 0 Å². The molecule has 0 aliphatic rings. The maximum absolute atomic E-state index is 13.6. The van der Waals surface area contributed by atoms with Crippen molar-refractivity contribution in [2.45, 2.75) is 62.7 Å². The molecule has 0 saturated heterocycles. The number of carbonyl (C=O) groups excluding carboxylic acids is 3. The fourth-order valence-electron chi connectivity index (χ4n) is 4.83. The van der Waals surface area contributed by atoms with Crippen molar-refractivity contribution in [3.05, 3.63) is 65.9 Å². The summed E-state index contributed by atoms with van der Waals surface area (Å²) in [5, 5.41) is 36.9. The molecule has 252 valence electrons. The van der Waals surface area contributed by atoms with Gasteiger partial charge in [0.15, 0.2) is 5.96 Å². The Morgan fingerprint density at radius 1 is 0.809 bits per heavy atom. The zero-order chi connectivity index (χ0) is 34.5. The summed E-state index contributed by atoms with van der Waals surface area (Å²) in [4.78, 5) is 70.1. The topological polar surface area (TPSA) is 288 Å². The molecule has 3 amide bonds. The first-order chi connectivity index (χ1) is 22.3. The Morgan fingerprint density at radius 2 is 1.45 bits per heavy atom. The number of rotatable bonds is 18. The minimum Gasteiger partial charge on any atom is -0.508 e. The van der Waals surface area contributed by atoms with Gasteiger partial charge in [-0.05, 0) is 55.0 Å². The summed E-state index contributed by atoms with van der Waals surface area (Å²) >= 11 is 0. The number of fused-ring (bicyclic) bond motifs is 1. The highest BCUT2D eigenvalue weighted by atomic mass is 16.4. The van der Waals surface area contributed by atoms with Crippen LogP contribution in [0.5, 0.6) is 5.75 Å². The third-order valence-electron chi connectivity index (χ3n) is 7.30. The number of carbonyl (C=O) groups is 5. The number of amides is 3. The van der Waals surface area contributed by atoms with Crippen LogP contribution in [-0.4, -0.2) is 86.6 Å². The molecule has 0 radical (unpaired) electrons. The van der Waals surface area contributed by atoms with E-state index in [0.29, 0.717) is 5.56 Å². The van der Waals surface area contributed by atoms with E-state index in [1.165, 1.54) is 12.1 Å². The van der Waals surface area contributed by atoms with E-state index < -0.39 is 60.2 Å². The van der Waals surface area contributed by atoms with Crippen LogP contribution in [-0.2, 0) is 36.8 Å². The fraction of sp³-hybridized carbons (Fsp3) is 0.355. The second kappa shape index (κ2) is 17.2.